The minimum atomic E-state index is 0.710. The van der Waals surface area contributed by atoms with E-state index in [1.165, 1.54) is 11.5 Å². The SMILES string of the molecule is CON1C=NNN1c1ccccn1. The predicted molar refractivity (Wildman–Crippen MR) is 47.2 cm³/mol. The van der Waals surface area contributed by atoms with Crippen LogP contribution in [0.3, 0.4) is 0 Å². The molecule has 1 aromatic rings. The molecule has 2 rings (SSSR count). The molecule has 0 fully saturated rings. The first-order valence-corrected chi connectivity index (χ1v) is 3.75. The van der Waals surface area contributed by atoms with Gasteiger partial charge in [-0.3, -0.25) is 4.84 Å². The molecule has 0 spiro atoms. The lowest BCUT2D eigenvalue weighted by Crippen LogP contribution is -2.42. The topological polar surface area (TPSA) is 53.0 Å². The summed E-state index contributed by atoms with van der Waals surface area (Å²) in [5.74, 6) is 0.710. The summed E-state index contributed by atoms with van der Waals surface area (Å²) in [6.45, 7) is 0. The van der Waals surface area contributed by atoms with Gasteiger partial charge in [0.1, 0.15) is 0 Å². The Morgan fingerprint density at radius 3 is 3.08 bits per heavy atom. The molecular weight excluding hydrogens is 170 g/mol. The van der Waals surface area contributed by atoms with Crippen molar-refractivity contribution >= 4 is 12.2 Å². The summed E-state index contributed by atoms with van der Waals surface area (Å²) in [5, 5.41) is 6.81. The normalized spacial score (nSPS) is 14.8. The van der Waals surface area contributed by atoms with Crippen molar-refractivity contribution in [2.75, 3.05) is 12.2 Å². The van der Waals surface area contributed by atoms with Crippen LogP contribution in [0.1, 0.15) is 0 Å². The number of nitrogens with one attached hydrogen (secondary N) is 1. The number of pyridine rings is 1. The minimum absolute atomic E-state index is 0.710. The third-order valence-corrected chi connectivity index (χ3v) is 1.56. The van der Waals surface area contributed by atoms with E-state index in [1.807, 2.05) is 18.2 Å². The van der Waals surface area contributed by atoms with Crippen LogP contribution < -0.4 is 10.7 Å². The molecule has 6 heteroatoms. The number of hydrogen-bond acceptors (Lipinski definition) is 6. The summed E-state index contributed by atoms with van der Waals surface area (Å²) >= 11 is 0. The van der Waals surface area contributed by atoms with Crippen molar-refractivity contribution < 1.29 is 4.84 Å². The standard InChI is InChI=1S/C7H9N5O/c1-13-11-6-9-10-12(11)7-4-2-3-5-8-7/h2-6,10H,1H3. The van der Waals surface area contributed by atoms with Crippen molar-refractivity contribution in [3.8, 4) is 0 Å². The van der Waals surface area contributed by atoms with Crippen molar-refractivity contribution in [1.82, 2.24) is 15.7 Å². The third kappa shape index (κ3) is 1.38. The summed E-state index contributed by atoms with van der Waals surface area (Å²) in [6, 6.07) is 5.57. The molecule has 0 amide bonds. The minimum Gasteiger partial charge on any atom is -0.254 e. The first-order chi connectivity index (χ1) is 6.42. The molecule has 0 aliphatic carbocycles. The molecule has 0 aromatic carbocycles. The van der Waals surface area contributed by atoms with Gasteiger partial charge in [-0.1, -0.05) is 6.07 Å². The fourth-order valence-electron chi connectivity index (χ4n) is 0.986. The van der Waals surface area contributed by atoms with Crippen LogP contribution in [0.2, 0.25) is 0 Å². The Bertz CT molecular complexity index is 301. The number of hydrogen-bond donors (Lipinski definition) is 1. The molecule has 0 radical (unpaired) electrons. The maximum atomic E-state index is 4.99. The van der Waals surface area contributed by atoms with E-state index >= 15 is 0 Å². The number of nitrogens with zero attached hydrogens (tertiary/aromatic N) is 4. The molecule has 2 heterocycles. The lowest BCUT2D eigenvalue weighted by molar-refractivity contribution is -0.0696. The smallest absolute Gasteiger partial charge is 0.174 e. The van der Waals surface area contributed by atoms with Gasteiger partial charge in [0.2, 0.25) is 0 Å². The zero-order chi connectivity index (χ0) is 9.10. The molecule has 1 aliphatic rings. The van der Waals surface area contributed by atoms with Crippen molar-refractivity contribution in [3.05, 3.63) is 24.4 Å². The number of aromatic nitrogens is 1. The van der Waals surface area contributed by atoms with Gasteiger partial charge >= 0.3 is 0 Å². The summed E-state index contributed by atoms with van der Waals surface area (Å²) in [7, 11) is 1.55. The van der Waals surface area contributed by atoms with E-state index in [1.54, 1.807) is 18.4 Å². The highest BCUT2D eigenvalue weighted by Crippen LogP contribution is 2.11. The van der Waals surface area contributed by atoms with Gasteiger partial charge in [-0.05, 0) is 12.1 Å². The van der Waals surface area contributed by atoms with Crippen LogP contribution in [-0.2, 0) is 4.84 Å². The van der Waals surface area contributed by atoms with Crippen molar-refractivity contribution in [1.29, 1.82) is 0 Å². The molecule has 0 atom stereocenters. The van der Waals surface area contributed by atoms with Gasteiger partial charge < -0.3 is 0 Å². The second kappa shape index (κ2) is 3.28. The fraction of sp³-hybridized carbons (Fsp3) is 0.143. The van der Waals surface area contributed by atoms with Gasteiger partial charge in [-0.2, -0.15) is 5.53 Å². The van der Waals surface area contributed by atoms with Gasteiger partial charge in [0, 0.05) is 6.20 Å². The fourth-order valence-corrected chi connectivity index (χ4v) is 0.986. The second-order valence-electron chi connectivity index (χ2n) is 2.33. The van der Waals surface area contributed by atoms with E-state index in [0.29, 0.717) is 5.82 Å². The Hall–Kier alpha value is -1.82. The molecule has 1 aliphatic heterocycles. The Labute approximate surface area is 75.3 Å². The quantitative estimate of drug-likeness (QED) is 0.699. The van der Waals surface area contributed by atoms with Crippen molar-refractivity contribution in [3.63, 3.8) is 0 Å². The van der Waals surface area contributed by atoms with E-state index in [2.05, 4.69) is 15.6 Å². The van der Waals surface area contributed by atoms with Gasteiger partial charge in [-0.15, -0.1) is 15.4 Å². The van der Waals surface area contributed by atoms with Gasteiger partial charge in [0.25, 0.3) is 0 Å². The van der Waals surface area contributed by atoms with Gasteiger partial charge in [0.15, 0.2) is 12.2 Å². The van der Waals surface area contributed by atoms with Crippen LogP contribution in [0.15, 0.2) is 29.5 Å². The van der Waals surface area contributed by atoms with E-state index in [9.17, 15) is 0 Å². The molecule has 1 N–H and O–H groups in total. The zero-order valence-corrected chi connectivity index (χ0v) is 7.08. The first-order valence-electron chi connectivity index (χ1n) is 3.75. The van der Waals surface area contributed by atoms with Crippen molar-refractivity contribution in [2.45, 2.75) is 0 Å². The number of hydroxylamine groups is 1. The molecule has 0 bridgehead atoms. The number of rotatable bonds is 2. The van der Waals surface area contributed by atoms with Crippen molar-refractivity contribution in [2.24, 2.45) is 5.10 Å². The van der Waals surface area contributed by atoms with Crippen LogP contribution >= 0.6 is 0 Å². The summed E-state index contributed by atoms with van der Waals surface area (Å²) in [6.07, 6.45) is 3.21. The molecular formula is C7H9N5O. The highest BCUT2D eigenvalue weighted by molar-refractivity contribution is 5.59. The second-order valence-corrected chi connectivity index (χ2v) is 2.33. The average Bonchev–Trinajstić information content (AvgIpc) is 2.67. The molecule has 0 saturated heterocycles. The Morgan fingerprint density at radius 2 is 2.38 bits per heavy atom. The molecule has 0 saturated carbocycles. The van der Waals surface area contributed by atoms with E-state index in [0.717, 1.165) is 0 Å². The Morgan fingerprint density at radius 1 is 1.46 bits per heavy atom. The third-order valence-electron chi connectivity index (χ3n) is 1.56. The van der Waals surface area contributed by atoms with Crippen LogP contribution in [0.4, 0.5) is 5.82 Å². The summed E-state index contributed by atoms with van der Waals surface area (Å²) in [4.78, 5) is 9.11. The van der Waals surface area contributed by atoms with E-state index < -0.39 is 0 Å². The lowest BCUT2D eigenvalue weighted by Gasteiger charge is -2.23. The lowest BCUT2D eigenvalue weighted by atomic mass is 10.5. The number of hydrazone groups is 1. The monoisotopic (exact) mass is 179 g/mol. The first kappa shape index (κ1) is 7.81. The maximum Gasteiger partial charge on any atom is 0.174 e. The molecule has 6 nitrogen and oxygen atoms in total. The highest BCUT2D eigenvalue weighted by atomic mass is 16.7. The van der Waals surface area contributed by atoms with Gasteiger partial charge in [0.05, 0.1) is 7.11 Å². The van der Waals surface area contributed by atoms with Crippen LogP contribution in [-0.4, -0.2) is 23.6 Å². The van der Waals surface area contributed by atoms with Crippen LogP contribution in [0.25, 0.3) is 0 Å². The summed E-state index contributed by atoms with van der Waals surface area (Å²) < 4.78 is 0. The number of hydrazine groups is 2. The number of anilines is 1. The average molecular weight is 179 g/mol. The van der Waals surface area contributed by atoms with Crippen LogP contribution in [0.5, 0.6) is 0 Å². The highest BCUT2D eigenvalue weighted by Gasteiger charge is 2.17. The predicted octanol–water partition coefficient (Wildman–Crippen LogP) is 0.128. The van der Waals surface area contributed by atoms with Gasteiger partial charge in [-0.25, -0.2) is 4.98 Å². The van der Waals surface area contributed by atoms with E-state index in [4.69, 9.17) is 4.84 Å². The molecule has 13 heavy (non-hydrogen) atoms. The summed E-state index contributed by atoms with van der Waals surface area (Å²) in [5.41, 5.74) is 2.72. The van der Waals surface area contributed by atoms with E-state index in [-0.39, 0.29) is 0 Å². The van der Waals surface area contributed by atoms with Crippen LogP contribution in [0, 0.1) is 0 Å². The Balaban J connectivity index is 2.18. The largest absolute Gasteiger partial charge is 0.254 e. The molecule has 68 valence electrons. The zero-order valence-electron chi connectivity index (χ0n) is 7.08. The Kier molecular flexibility index (Phi) is 1.97. The molecule has 1 aromatic heterocycles. The molecule has 0 unspecified atom stereocenters. The maximum absolute atomic E-state index is 4.99.